The molecule has 2 N–H and O–H groups in total. The Kier molecular flexibility index (Phi) is 4.49. The lowest BCUT2D eigenvalue weighted by molar-refractivity contribution is -0.180. The number of carbonyl (C=O) groups is 2. The van der Waals surface area contributed by atoms with E-state index in [1.54, 1.807) is 35.6 Å². The average molecular weight is 356 g/mol. The predicted octanol–water partition coefficient (Wildman–Crippen LogP) is 1.71. The molecule has 2 heterocycles. The zero-order valence-electron chi connectivity index (χ0n) is 13.4. The number of halogens is 3. The molecule has 0 bridgehead atoms. The first-order valence-corrected chi connectivity index (χ1v) is 8.19. The van der Waals surface area contributed by atoms with E-state index in [2.05, 4.69) is 0 Å². The van der Waals surface area contributed by atoms with Crippen LogP contribution in [0, 0.1) is 0 Å². The lowest BCUT2D eigenvalue weighted by Gasteiger charge is -2.51. The second kappa shape index (κ2) is 6.33. The largest absolute Gasteiger partial charge is 0.471 e. The number of nitrogens with zero attached hydrogens (tertiary/aromatic N) is 1. The molecule has 0 radical (unpaired) electrons. The number of fused-ring (bicyclic) bond motifs is 1. The van der Waals surface area contributed by atoms with Gasteiger partial charge in [-0.15, -0.1) is 0 Å². The Labute approximate surface area is 142 Å². The van der Waals surface area contributed by atoms with Gasteiger partial charge >= 0.3 is 12.1 Å². The van der Waals surface area contributed by atoms with Crippen molar-refractivity contribution in [1.82, 2.24) is 10.2 Å². The average Bonchev–Trinajstić information content (AvgIpc) is 2.59. The van der Waals surface area contributed by atoms with Crippen LogP contribution in [0.5, 0.6) is 0 Å². The van der Waals surface area contributed by atoms with E-state index in [-0.39, 0.29) is 6.42 Å². The molecule has 0 spiro atoms. The molecule has 0 aromatic heterocycles. The minimum atomic E-state index is -5.08. The van der Waals surface area contributed by atoms with Crippen molar-refractivity contribution in [2.24, 2.45) is 0 Å². The summed E-state index contributed by atoms with van der Waals surface area (Å²) in [4.78, 5) is 25.3. The summed E-state index contributed by atoms with van der Waals surface area (Å²) in [6.07, 6.45) is -3.25. The molecule has 136 valence electrons. The van der Waals surface area contributed by atoms with Crippen molar-refractivity contribution in [2.75, 3.05) is 6.54 Å². The van der Waals surface area contributed by atoms with E-state index in [4.69, 9.17) is 0 Å². The fraction of sp³-hybridized carbons (Fsp3) is 0.529. The van der Waals surface area contributed by atoms with Crippen LogP contribution < -0.4 is 5.32 Å². The highest BCUT2D eigenvalue weighted by Crippen LogP contribution is 2.41. The third-order valence-electron chi connectivity index (χ3n) is 4.99. The normalized spacial score (nSPS) is 29.9. The van der Waals surface area contributed by atoms with E-state index in [0.717, 1.165) is 6.42 Å². The Morgan fingerprint density at radius 1 is 1.24 bits per heavy atom. The Balaban J connectivity index is 1.94. The van der Waals surface area contributed by atoms with Crippen LogP contribution in [0.4, 0.5) is 13.2 Å². The van der Waals surface area contributed by atoms with Gasteiger partial charge in [-0.3, -0.25) is 9.59 Å². The summed E-state index contributed by atoms with van der Waals surface area (Å²) in [6.45, 7) is 0.358. The maximum atomic E-state index is 12.6. The van der Waals surface area contributed by atoms with Crippen LogP contribution in [0.1, 0.15) is 31.2 Å². The number of amides is 2. The van der Waals surface area contributed by atoms with Crippen molar-refractivity contribution >= 4 is 11.8 Å². The van der Waals surface area contributed by atoms with Crippen molar-refractivity contribution in [3.8, 4) is 0 Å². The van der Waals surface area contributed by atoms with Crippen LogP contribution in [0.3, 0.4) is 0 Å². The number of carbonyl (C=O) groups excluding carboxylic acids is 2. The van der Waals surface area contributed by atoms with Gasteiger partial charge in [0.25, 0.3) is 0 Å². The molecular formula is C17H19F3N2O3. The van der Waals surface area contributed by atoms with Gasteiger partial charge < -0.3 is 15.3 Å². The van der Waals surface area contributed by atoms with Gasteiger partial charge in [0.15, 0.2) is 0 Å². The van der Waals surface area contributed by atoms with Gasteiger partial charge in [0.2, 0.25) is 5.91 Å². The molecule has 3 rings (SSSR count). The fourth-order valence-corrected chi connectivity index (χ4v) is 3.82. The molecule has 2 fully saturated rings. The Bertz CT molecular complexity index is 665. The first-order valence-electron chi connectivity index (χ1n) is 8.19. The number of piperidine rings is 2. The number of nitrogens with one attached hydrogen (secondary N) is 1. The number of hydrogen-bond acceptors (Lipinski definition) is 3. The van der Waals surface area contributed by atoms with E-state index < -0.39 is 35.7 Å². The topological polar surface area (TPSA) is 69.6 Å². The first-order chi connectivity index (χ1) is 11.7. The molecule has 8 heteroatoms. The summed E-state index contributed by atoms with van der Waals surface area (Å²) in [5, 5.41) is 13.1. The summed E-state index contributed by atoms with van der Waals surface area (Å²) in [5.74, 6) is -2.74. The standard InChI is InChI=1S/C17H19F3N2O3/c18-17(19,20)15(24)21-12-10-16(25,11-6-2-1-3-7-11)13-8-4-5-9-22(13)14(12)23/h1-3,6-7,12-13,25H,4-5,8-10H2,(H,21,24)/t12-,13+,16+/m0/s1. The summed E-state index contributed by atoms with van der Waals surface area (Å²) in [5.41, 5.74) is -0.968. The van der Waals surface area contributed by atoms with E-state index >= 15 is 0 Å². The molecule has 2 aliphatic rings. The van der Waals surface area contributed by atoms with E-state index in [0.29, 0.717) is 24.9 Å². The Morgan fingerprint density at radius 3 is 2.56 bits per heavy atom. The number of hydrogen-bond donors (Lipinski definition) is 2. The van der Waals surface area contributed by atoms with Crippen molar-refractivity contribution in [1.29, 1.82) is 0 Å². The highest BCUT2D eigenvalue weighted by atomic mass is 19.4. The Morgan fingerprint density at radius 2 is 1.92 bits per heavy atom. The lowest BCUT2D eigenvalue weighted by atomic mass is 9.73. The van der Waals surface area contributed by atoms with Crippen LogP contribution in [0.25, 0.3) is 0 Å². The van der Waals surface area contributed by atoms with Crippen molar-refractivity contribution < 1.29 is 27.9 Å². The van der Waals surface area contributed by atoms with Crippen LogP contribution in [-0.2, 0) is 15.2 Å². The van der Waals surface area contributed by atoms with Gasteiger partial charge in [-0.1, -0.05) is 30.3 Å². The SMILES string of the molecule is O=C1[C@@H](NC(=O)C(F)(F)F)C[C@@](O)(c2ccccc2)[C@H]2CCCCN12. The van der Waals surface area contributed by atoms with Crippen LogP contribution in [-0.4, -0.2) is 46.6 Å². The second-order valence-electron chi connectivity index (χ2n) is 6.56. The smallest absolute Gasteiger partial charge is 0.383 e. The molecule has 2 saturated heterocycles. The number of benzene rings is 1. The van der Waals surface area contributed by atoms with Crippen LogP contribution >= 0.6 is 0 Å². The zero-order valence-corrected chi connectivity index (χ0v) is 13.4. The molecule has 0 saturated carbocycles. The van der Waals surface area contributed by atoms with Gasteiger partial charge in [0.1, 0.15) is 11.6 Å². The fourth-order valence-electron chi connectivity index (χ4n) is 3.82. The Hall–Kier alpha value is -2.09. The van der Waals surface area contributed by atoms with E-state index in [1.807, 2.05) is 0 Å². The second-order valence-corrected chi connectivity index (χ2v) is 6.56. The summed E-state index contributed by atoms with van der Waals surface area (Å²) >= 11 is 0. The summed E-state index contributed by atoms with van der Waals surface area (Å²) in [7, 11) is 0. The molecule has 1 aromatic carbocycles. The van der Waals surface area contributed by atoms with Crippen LogP contribution in [0.15, 0.2) is 30.3 Å². The quantitative estimate of drug-likeness (QED) is 0.848. The molecule has 2 aliphatic heterocycles. The van der Waals surface area contributed by atoms with Crippen molar-refractivity contribution in [3.63, 3.8) is 0 Å². The zero-order chi connectivity index (χ0) is 18.2. The molecule has 1 aromatic rings. The number of aliphatic hydroxyl groups is 1. The number of alkyl halides is 3. The highest BCUT2D eigenvalue weighted by molar-refractivity contribution is 5.90. The third-order valence-corrected chi connectivity index (χ3v) is 4.99. The first kappa shape index (κ1) is 17.7. The van der Waals surface area contributed by atoms with Gasteiger partial charge in [-0.25, -0.2) is 0 Å². The summed E-state index contributed by atoms with van der Waals surface area (Å²) in [6, 6.07) is 6.67. The highest BCUT2D eigenvalue weighted by Gasteiger charge is 2.53. The van der Waals surface area contributed by atoms with Crippen molar-refractivity contribution in [2.45, 2.75) is 49.5 Å². The maximum absolute atomic E-state index is 12.6. The van der Waals surface area contributed by atoms with Gasteiger partial charge in [0.05, 0.1) is 6.04 Å². The minimum absolute atomic E-state index is 0.279. The lowest BCUT2D eigenvalue weighted by Crippen LogP contribution is -2.67. The van der Waals surface area contributed by atoms with E-state index in [1.165, 1.54) is 4.90 Å². The van der Waals surface area contributed by atoms with Crippen LogP contribution in [0.2, 0.25) is 0 Å². The minimum Gasteiger partial charge on any atom is -0.383 e. The molecule has 25 heavy (non-hydrogen) atoms. The predicted molar refractivity (Wildman–Crippen MR) is 82.3 cm³/mol. The molecular weight excluding hydrogens is 337 g/mol. The molecule has 0 aliphatic carbocycles. The van der Waals surface area contributed by atoms with E-state index in [9.17, 15) is 27.9 Å². The molecule has 5 nitrogen and oxygen atoms in total. The van der Waals surface area contributed by atoms with Crippen molar-refractivity contribution in [3.05, 3.63) is 35.9 Å². The summed E-state index contributed by atoms with van der Waals surface area (Å²) < 4.78 is 37.7. The number of rotatable bonds is 2. The van der Waals surface area contributed by atoms with Gasteiger partial charge in [-0.05, 0) is 24.8 Å². The van der Waals surface area contributed by atoms with Gasteiger partial charge in [-0.2, -0.15) is 13.2 Å². The monoisotopic (exact) mass is 356 g/mol. The maximum Gasteiger partial charge on any atom is 0.471 e. The molecule has 0 unspecified atom stereocenters. The molecule has 2 amide bonds. The third kappa shape index (κ3) is 3.22. The van der Waals surface area contributed by atoms with Gasteiger partial charge in [0, 0.05) is 13.0 Å². The molecule has 3 atom stereocenters.